The van der Waals surface area contributed by atoms with E-state index < -0.39 is 0 Å². The van der Waals surface area contributed by atoms with E-state index in [1.807, 2.05) is 0 Å². The molecule has 12 nitrogen and oxygen atoms in total. The number of benzene rings is 2. The van der Waals surface area contributed by atoms with Crippen LogP contribution in [0.15, 0.2) is 12.1 Å². The Morgan fingerprint density at radius 1 is 0.333 bits per heavy atom. The lowest BCUT2D eigenvalue weighted by atomic mass is 10.0. The Hall–Kier alpha value is -3.32. The topological polar surface area (TPSA) is 111 Å². The van der Waals surface area contributed by atoms with Gasteiger partial charge in [0.15, 0.2) is 73.2 Å². The van der Waals surface area contributed by atoms with Gasteiger partial charge in [-0.25, -0.2) is 0 Å². The van der Waals surface area contributed by atoms with Crippen LogP contribution in [0.5, 0.6) is 46.0 Å². The fourth-order valence-corrected chi connectivity index (χ4v) is 5.54. The van der Waals surface area contributed by atoms with Crippen LogP contribution in [0.4, 0.5) is 0 Å². The summed E-state index contributed by atoms with van der Waals surface area (Å²) >= 11 is 0. The average molecular weight is 683 g/mol. The minimum atomic E-state index is 0.102. The highest BCUT2D eigenvalue weighted by molar-refractivity contribution is 5.62. The lowest BCUT2D eigenvalue weighted by Gasteiger charge is -2.20. The summed E-state index contributed by atoms with van der Waals surface area (Å²) < 4.78 is 66.5. The van der Waals surface area contributed by atoms with E-state index in [-0.39, 0.29) is 27.2 Å². The van der Waals surface area contributed by atoms with Crippen molar-refractivity contribution in [1.29, 1.82) is 0 Å². The molecule has 274 valence electrons. The van der Waals surface area contributed by atoms with E-state index in [0.29, 0.717) is 46.0 Å². The lowest BCUT2D eigenvalue weighted by molar-refractivity contribution is 0.0444. The molecule has 0 fully saturated rings. The van der Waals surface area contributed by atoms with Gasteiger partial charge in [0.2, 0.25) is 0 Å². The normalized spacial score (nSPS) is 10.9. The number of ether oxygens (including phenoxy) is 12. The highest BCUT2D eigenvalue weighted by atomic mass is 16.7. The molecule has 0 saturated heterocycles. The lowest BCUT2D eigenvalue weighted by Crippen LogP contribution is -2.08. The summed E-state index contributed by atoms with van der Waals surface area (Å²) in [5.74, 6) is 4.73. The van der Waals surface area contributed by atoms with Crippen LogP contribution in [0.3, 0.4) is 0 Å². The molecular formula is C36H58O12. The maximum Gasteiger partial charge on any atom is 0.188 e. The summed E-state index contributed by atoms with van der Waals surface area (Å²) in [6, 6.07) is 3.51. The zero-order chi connectivity index (χ0) is 35.0. The second-order valence-electron chi connectivity index (χ2n) is 11.1. The van der Waals surface area contributed by atoms with E-state index in [0.717, 1.165) is 49.7 Å². The number of rotatable bonds is 29. The standard InChI is InChI=1S/C36H58O12/c1-37-23-45-31-21-29(41-5)35(47-25-39-3)27(33(31)43-7)19-17-15-13-11-9-10-12-14-16-18-20-28-34(44-8)32(46-24-38-2)22-30(42-6)36(28)48-26-40-4/h21-22H,9-20,23-26H2,1-8H3. The molecular weight excluding hydrogens is 624 g/mol. The minimum Gasteiger partial charge on any atom is -0.493 e. The molecule has 0 amide bonds. The highest BCUT2D eigenvalue weighted by Crippen LogP contribution is 2.46. The Labute approximate surface area is 287 Å². The Bertz CT molecular complexity index is 1070. The van der Waals surface area contributed by atoms with Crippen molar-refractivity contribution >= 4 is 0 Å². The van der Waals surface area contributed by atoms with Crippen molar-refractivity contribution in [3.8, 4) is 46.0 Å². The van der Waals surface area contributed by atoms with Gasteiger partial charge >= 0.3 is 0 Å². The number of methoxy groups -OCH3 is 8. The van der Waals surface area contributed by atoms with E-state index in [9.17, 15) is 0 Å². The Morgan fingerprint density at radius 3 is 0.938 bits per heavy atom. The molecule has 0 radical (unpaired) electrons. The van der Waals surface area contributed by atoms with Crippen LogP contribution in [0.2, 0.25) is 0 Å². The number of hydrogen-bond acceptors (Lipinski definition) is 12. The molecule has 12 heteroatoms. The fourth-order valence-electron chi connectivity index (χ4n) is 5.54. The monoisotopic (exact) mass is 682 g/mol. The van der Waals surface area contributed by atoms with Crippen molar-refractivity contribution in [2.24, 2.45) is 0 Å². The van der Waals surface area contributed by atoms with E-state index >= 15 is 0 Å². The minimum absolute atomic E-state index is 0.102. The van der Waals surface area contributed by atoms with Gasteiger partial charge in [-0.3, -0.25) is 0 Å². The van der Waals surface area contributed by atoms with Crippen molar-refractivity contribution in [3.63, 3.8) is 0 Å². The SMILES string of the molecule is COCOc1cc(OC)c(OCOC)c(CCCCCCCCCCCCc2c(OC)c(OCOC)cc(OC)c2OCOC)c1OC. The molecule has 0 aliphatic rings. The fraction of sp³-hybridized carbons (Fsp3) is 0.667. The van der Waals surface area contributed by atoms with Gasteiger partial charge < -0.3 is 56.8 Å². The van der Waals surface area contributed by atoms with E-state index in [1.54, 1.807) is 69.0 Å². The predicted octanol–water partition coefficient (Wildman–Crippen LogP) is 7.34. The van der Waals surface area contributed by atoms with Gasteiger partial charge in [-0.2, -0.15) is 0 Å². The molecule has 2 rings (SSSR count). The van der Waals surface area contributed by atoms with E-state index in [4.69, 9.17) is 56.8 Å². The Morgan fingerprint density at radius 2 is 0.646 bits per heavy atom. The summed E-state index contributed by atoms with van der Waals surface area (Å²) in [5.41, 5.74) is 1.81. The second kappa shape index (κ2) is 24.8. The quantitative estimate of drug-likeness (QED) is 0.0632. The van der Waals surface area contributed by atoms with Crippen molar-refractivity contribution in [3.05, 3.63) is 23.3 Å². The molecule has 0 bridgehead atoms. The van der Waals surface area contributed by atoms with Crippen molar-refractivity contribution in [2.75, 3.05) is 84.1 Å². The first-order valence-electron chi connectivity index (χ1n) is 16.6. The van der Waals surface area contributed by atoms with Crippen LogP contribution in [0.25, 0.3) is 0 Å². The second-order valence-corrected chi connectivity index (χ2v) is 11.1. The molecule has 0 atom stereocenters. The Balaban J connectivity index is 1.82. The molecule has 0 heterocycles. The number of hydrogen-bond donors (Lipinski definition) is 0. The zero-order valence-electron chi connectivity index (χ0n) is 30.4. The molecule has 0 aliphatic carbocycles. The average Bonchev–Trinajstić information content (AvgIpc) is 3.11. The third-order valence-electron chi connectivity index (χ3n) is 7.77. The van der Waals surface area contributed by atoms with Crippen LogP contribution in [0, 0.1) is 0 Å². The first kappa shape index (κ1) is 40.9. The van der Waals surface area contributed by atoms with Crippen LogP contribution in [-0.2, 0) is 31.8 Å². The van der Waals surface area contributed by atoms with Crippen LogP contribution in [0.1, 0.15) is 75.3 Å². The first-order chi connectivity index (χ1) is 23.5. The molecule has 2 aromatic rings. The van der Waals surface area contributed by atoms with Crippen molar-refractivity contribution < 1.29 is 56.8 Å². The summed E-state index contributed by atoms with van der Waals surface area (Å²) in [7, 11) is 12.8. The summed E-state index contributed by atoms with van der Waals surface area (Å²) in [4.78, 5) is 0. The molecule has 2 aromatic carbocycles. The molecule has 0 unspecified atom stereocenters. The van der Waals surface area contributed by atoms with Crippen molar-refractivity contribution in [2.45, 2.75) is 77.0 Å². The largest absolute Gasteiger partial charge is 0.493 e. The zero-order valence-corrected chi connectivity index (χ0v) is 30.4. The molecule has 0 aromatic heterocycles. The molecule has 0 N–H and O–H groups in total. The number of unbranched alkanes of at least 4 members (excludes halogenated alkanes) is 9. The molecule has 0 saturated carbocycles. The van der Waals surface area contributed by atoms with Gasteiger partial charge in [0, 0.05) is 51.7 Å². The summed E-state index contributed by atoms with van der Waals surface area (Å²) in [6.07, 6.45) is 12.9. The maximum absolute atomic E-state index is 5.90. The van der Waals surface area contributed by atoms with Gasteiger partial charge in [-0.15, -0.1) is 0 Å². The van der Waals surface area contributed by atoms with Gasteiger partial charge in [0.05, 0.1) is 28.4 Å². The predicted molar refractivity (Wildman–Crippen MR) is 183 cm³/mol. The molecule has 48 heavy (non-hydrogen) atoms. The highest BCUT2D eigenvalue weighted by Gasteiger charge is 2.23. The molecule has 0 spiro atoms. The van der Waals surface area contributed by atoms with Gasteiger partial charge in [0.1, 0.15) is 0 Å². The van der Waals surface area contributed by atoms with Crippen LogP contribution >= 0.6 is 0 Å². The van der Waals surface area contributed by atoms with Crippen LogP contribution in [-0.4, -0.2) is 84.1 Å². The summed E-state index contributed by atoms with van der Waals surface area (Å²) in [6.45, 7) is 0.415. The third kappa shape index (κ3) is 12.9. The maximum atomic E-state index is 5.90. The summed E-state index contributed by atoms with van der Waals surface area (Å²) in [5, 5.41) is 0. The van der Waals surface area contributed by atoms with Gasteiger partial charge in [-0.05, 0) is 25.7 Å². The van der Waals surface area contributed by atoms with E-state index in [2.05, 4.69) is 0 Å². The first-order valence-corrected chi connectivity index (χ1v) is 16.6. The third-order valence-corrected chi connectivity index (χ3v) is 7.77. The van der Waals surface area contributed by atoms with E-state index in [1.165, 1.54) is 38.5 Å². The van der Waals surface area contributed by atoms with Crippen LogP contribution < -0.4 is 37.9 Å². The van der Waals surface area contributed by atoms with Gasteiger partial charge in [-0.1, -0.05) is 51.4 Å². The molecule has 0 aliphatic heterocycles. The smallest absolute Gasteiger partial charge is 0.188 e. The Kier molecular flexibility index (Phi) is 21.1. The van der Waals surface area contributed by atoms with Crippen molar-refractivity contribution in [1.82, 2.24) is 0 Å². The van der Waals surface area contributed by atoms with Gasteiger partial charge in [0.25, 0.3) is 0 Å².